The molecule has 0 atom stereocenters. The van der Waals surface area contributed by atoms with Crippen LogP contribution in [-0.4, -0.2) is 77.2 Å². The first-order chi connectivity index (χ1) is 21.5. The van der Waals surface area contributed by atoms with Gasteiger partial charge in [0.05, 0.1) is 22.3 Å². The number of nitrogens with zero attached hydrogens (tertiary/aromatic N) is 6. The van der Waals surface area contributed by atoms with E-state index in [1.807, 2.05) is 23.9 Å². The summed E-state index contributed by atoms with van der Waals surface area (Å²) in [6.45, 7) is 8.33. The minimum Gasteiger partial charge on any atom is -0.397 e. The average molecular weight is 629 g/mol. The molecular formula is C34H44N8O2S. The van der Waals surface area contributed by atoms with Gasteiger partial charge in [-0.05, 0) is 127 Å². The Morgan fingerprint density at radius 3 is 2.24 bits per heavy atom. The monoisotopic (exact) mass is 628 g/mol. The lowest BCUT2D eigenvalue weighted by Gasteiger charge is -2.31. The zero-order valence-electron chi connectivity index (χ0n) is 26.6. The lowest BCUT2D eigenvalue weighted by Crippen LogP contribution is -2.31. The van der Waals surface area contributed by atoms with Crippen LogP contribution in [0.15, 0.2) is 59.8 Å². The van der Waals surface area contributed by atoms with Crippen molar-refractivity contribution in [1.29, 1.82) is 0 Å². The number of likely N-dealkylation sites (tertiary alicyclic amines) is 2. The minimum absolute atomic E-state index is 0.0723. The molecule has 2 fully saturated rings. The molecule has 0 aliphatic carbocycles. The van der Waals surface area contributed by atoms with Crippen molar-refractivity contribution >= 4 is 27.6 Å². The maximum absolute atomic E-state index is 13.8. The number of pyridine rings is 1. The zero-order valence-corrected chi connectivity index (χ0v) is 27.5. The van der Waals surface area contributed by atoms with Crippen LogP contribution in [0, 0.1) is 13.8 Å². The van der Waals surface area contributed by atoms with E-state index in [4.69, 9.17) is 21.5 Å². The van der Waals surface area contributed by atoms with Crippen LogP contribution in [0.3, 0.4) is 0 Å². The lowest BCUT2D eigenvalue weighted by atomic mass is 9.85. The zero-order chi connectivity index (χ0) is 31.9. The van der Waals surface area contributed by atoms with E-state index >= 15 is 0 Å². The summed E-state index contributed by atoms with van der Waals surface area (Å²) in [7, 11) is 0.319. The molecule has 238 valence electrons. The van der Waals surface area contributed by atoms with Gasteiger partial charge in [0, 0.05) is 29.2 Å². The highest BCUT2D eigenvalue weighted by molar-refractivity contribution is 7.90. The molecule has 3 aromatic heterocycles. The largest absolute Gasteiger partial charge is 0.397 e. The van der Waals surface area contributed by atoms with E-state index in [1.165, 1.54) is 5.56 Å². The molecule has 11 heteroatoms. The van der Waals surface area contributed by atoms with E-state index in [0.717, 1.165) is 67.1 Å². The molecule has 4 aromatic rings. The molecular weight excluding hydrogens is 584 g/mol. The molecule has 2 saturated heterocycles. The third-order valence-electron chi connectivity index (χ3n) is 9.47. The Bertz CT molecular complexity index is 1790. The van der Waals surface area contributed by atoms with Crippen molar-refractivity contribution in [3.63, 3.8) is 0 Å². The van der Waals surface area contributed by atoms with Crippen molar-refractivity contribution in [3.8, 4) is 11.3 Å². The Kier molecular flexibility index (Phi) is 8.60. The summed E-state index contributed by atoms with van der Waals surface area (Å²) in [4.78, 5) is 9.89. The van der Waals surface area contributed by atoms with Crippen LogP contribution in [0.25, 0.3) is 23.0 Å². The van der Waals surface area contributed by atoms with E-state index in [0.29, 0.717) is 40.2 Å². The van der Waals surface area contributed by atoms with Crippen molar-refractivity contribution in [2.75, 3.05) is 46.0 Å². The third-order valence-corrected chi connectivity index (χ3v) is 11.2. The summed E-state index contributed by atoms with van der Waals surface area (Å²) in [5.74, 6) is 0.522. The third kappa shape index (κ3) is 6.16. The number of piperidine rings is 2. The van der Waals surface area contributed by atoms with Gasteiger partial charge in [-0.15, -0.1) is 0 Å². The summed E-state index contributed by atoms with van der Waals surface area (Å²) in [6, 6.07) is 12.6. The smallest absolute Gasteiger partial charge is 0.269 e. The lowest BCUT2D eigenvalue weighted by molar-refractivity contribution is 0.212. The summed E-state index contributed by atoms with van der Waals surface area (Å²) in [6.07, 6.45) is 9.51. The predicted molar refractivity (Wildman–Crippen MR) is 180 cm³/mol. The van der Waals surface area contributed by atoms with Crippen molar-refractivity contribution in [2.24, 2.45) is 5.73 Å². The van der Waals surface area contributed by atoms with E-state index in [9.17, 15) is 8.42 Å². The van der Waals surface area contributed by atoms with E-state index in [2.05, 4.69) is 36.9 Å². The fourth-order valence-corrected chi connectivity index (χ4v) is 8.18. The van der Waals surface area contributed by atoms with Gasteiger partial charge in [-0.1, -0.05) is 18.2 Å². The molecule has 0 amide bonds. The minimum atomic E-state index is -3.98. The second kappa shape index (κ2) is 12.5. The molecule has 10 nitrogen and oxygen atoms in total. The first kappa shape index (κ1) is 31.1. The quantitative estimate of drug-likeness (QED) is 0.301. The van der Waals surface area contributed by atoms with Crippen molar-refractivity contribution in [1.82, 2.24) is 28.5 Å². The number of aromatic nitrogens is 4. The Hall–Kier alpha value is -3.93. The average Bonchev–Trinajstić information content (AvgIpc) is 3.64. The van der Waals surface area contributed by atoms with Crippen molar-refractivity contribution in [2.45, 2.75) is 56.4 Å². The molecule has 2 aliphatic heterocycles. The first-order valence-electron chi connectivity index (χ1n) is 15.7. The molecule has 2 aliphatic rings. The summed E-state index contributed by atoms with van der Waals surface area (Å²) >= 11 is 0. The number of benzene rings is 1. The van der Waals surface area contributed by atoms with Gasteiger partial charge in [-0.25, -0.2) is 12.4 Å². The molecule has 6 rings (SSSR count). The highest BCUT2D eigenvalue weighted by Gasteiger charge is 2.27. The molecule has 45 heavy (non-hydrogen) atoms. The Balaban J connectivity index is 1.43. The summed E-state index contributed by atoms with van der Waals surface area (Å²) in [5.41, 5.74) is 19.5. The SMILES string of the molecule is Cc1cc(-c2cn(S(=O)(=O)c3ccccc3)c(N)c2/C=C(\N)c2ccn(C3CCN(C)CC3)n2)nc(C)c1C1CCN(C)CC1. The van der Waals surface area contributed by atoms with E-state index in [-0.39, 0.29) is 10.7 Å². The predicted octanol–water partition coefficient (Wildman–Crippen LogP) is 4.72. The van der Waals surface area contributed by atoms with Gasteiger partial charge in [-0.3, -0.25) is 9.67 Å². The Morgan fingerprint density at radius 1 is 0.956 bits per heavy atom. The molecule has 0 spiro atoms. The van der Waals surface area contributed by atoms with Gasteiger partial charge in [0.1, 0.15) is 11.5 Å². The number of aryl methyl sites for hydroxylation is 2. The van der Waals surface area contributed by atoms with Gasteiger partial charge in [-0.2, -0.15) is 5.10 Å². The maximum Gasteiger partial charge on any atom is 0.269 e. The highest BCUT2D eigenvalue weighted by atomic mass is 32.2. The van der Waals surface area contributed by atoms with Crippen LogP contribution < -0.4 is 11.5 Å². The summed E-state index contributed by atoms with van der Waals surface area (Å²) < 4.78 is 30.8. The molecule has 0 radical (unpaired) electrons. The number of anilines is 1. The Labute approximate surface area is 266 Å². The molecule has 1 aromatic carbocycles. The standard InChI is InChI=1S/C34H44N8O2S/c1-23-20-32(37-24(2)33(23)25-10-15-39(3)16-11-25)29-22-42(45(43,44)27-8-6-5-7-9-27)34(36)28(29)21-30(35)31-14-19-41(38-31)26-12-17-40(4)18-13-26/h5-9,14,19-22,25-26H,10-13,15-18,35-36H2,1-4H3/b30-21-. The van der Waals surface area contributed by atoms with Crippen LogP contribution in [0.1, 0.15) is 65.7 Å². The van der Waals surface area contributed by atoms with Gasteiger partial charge < -0.3 is 21.3 Å². The maximum atomic E-state index is 13.8. The summed E-state index contributed by atoms with van der Waals surface area (Å²) in [5, 5.41) is 4.81. The molecule has 0 unspecified atom stereocenters. The molecule has 0 bridgehead atoms. The second-order valence-electron chi connectivity index (χ2n) is 12.7. The highest BCUT2D eigenvalue weighted by Crippen LogP contribution is 2.38. The van der Waals surface area contributed by atoms with Crippen LogP contribution in [0.4, 0.5) is 5.82 Å². The normalized spacial score (nSPS) is 18.1. The van der Waals surface area contributed by atoms with Gasteiger partial charge in [0.15, 0.2) is 0 Å². The molecule has 4 N–H and O–H groups in total. The van der Waals surface area contributed by atoms with Gasteiger partial charge >= 0.3 is 0 Å². The topological polar surface area (TPSA) is 128 Å². The fourth-order valence-electron chi connectivity index (χ4n) is 6.85. The van der Waals surface area contributed by atoms with Crippen molar-refractivity contribution < 1.29 is 8.42 Å². The van der Waals surface area contributed by atoms with E-state index in [1.54, 1.807) is 42.6 Å². The van der Waals surface area contributed by atoms with Gasteiger partial charge in [0.2, 0.25) is 0 Å². The molecule has 5 heterocycles. The van der Waals surface area contributed by atoms with Gasteiger partial charge in [0.25, 0.3) is 10.0 Å². The number of nitrogen functional groups attached to an aromatic ring is 1. The Morgan fingerprint density at radius 2 is 1.60 bits per heavy atom. The van der Waals surface area contributed by atoms with Crippen molar-refractivity contribution in [3.05, 3.63) is 82.9 Å². The van der Waals surface area contributed by atoms with Crippen LogP contribution in [0.2, 0.25) is 0 Å². The van der Waals surface area contributed by atoms with Crippen LogP contribution in [-0.2, 0) is 10.0 Å². The van der Waals surface area contributed by atoms with Crippen LogP contribution in [0.5, 0.6) is 0 Å². The number of hydrogen-bond donors (Lipinski definition) is 2. The number of hydrogen-bond acceptors (Lipinski definition) is 8. The fraction of sp³-hybridized carbons (Fsp3) is 0.412. The van der Waals surface area contributed by atoms with Crippen LogP contribution >= 0.6 is 0 Å². The van der Waals surface area contributed by atoms with E-state index < -0.39 is 10.0 Å². The molecule has 0 saturated carbocycles. The number of rotatable bonds is 7. The second-order valence-corrected chi connectivity index (χ2v) is 14.5. The number of nitrogens with two attached hydrogens (primary N) is 2. The first-order valence-corrected chi connectivity index (χ1v) is 17.2.